The van der Waals surface area contributed by atoms with Crippen LogP contribution in [0, 0.1) is 29.5 Å². The van der Waals surface area contributed by atoms with Crippen molar-refractivity contribution in [3.8, 4) is 11.8 Å². The van der Waals surface area contributed by atoms with Gasteiger partial charge in [-0.1, -0.05) is 51.9 Å². The Labute approximate surface area is 146 Å². The summed E-state index contributed by atoms with van der Waals surface area (Å²) in [5.41, 5.74) is 1.13. The zero-order valence-electron chi connectivity index (χ0n) is 15.4. The first-order valence-electron chi connectivity index (χ1n) is 9.44. The molecule has 1 N–H and O–H groups in total. The number of aromatic nitrogens is 1. The smallest absolute Gasteiger partial charge is 0.146 e. The summed E-state index contributed by atoms with van der Waals surface area (Å²) >= 11 is 0. The molecule has 3 heteroatoms. The average Bonchev–Trinajstić information content (AvgIpc) is 2.59. The summed E-state index contributed by atoms with van der Waals surface area (Å²) in [4.78, 5) is 4.38. The normalized spacial score (nSPS) is 16.7. The molecule has 0 spiro atoms. The van der Waals surface area contributed by atoms with Gasteiger partial charge in [0.25, 0.3) is 0 Å². The van der Waals surface area contributed by atoms with Crippen molar-refractivity contribution in [1.82, 2.24) is 10.3 Å². The van der Waals surface area contributed by atoms with Crippen LogP contribution >= 0.6 is 0 Å². The molecular formula is C21H31FN2. The van der Waals surface area contributed by atoms with Crippen LogP contribution in [-0.2, 0) is 6.54 Å². The van der Waals surface area contributed by atoms with Crippen LogP contribution in [0.1, 0.15) is 77.1 Å². The van der Waals surface area contributed by atoms with Crippen molar-refractivity contribution >= 4 is 0 Å². The van der Waals surface area contributed by atoms with Crippen molar-refractivity contribution < 1.29 is 4.39 Å². The van der Waals surface area contributed by atoms with Crippen LogP contribution < -0.4 is 5.32 Å². The highest BCUT2D eigenvalue weighted by atomic mass is 19.1. The highest BCUT2D eigenvalue weighted by Gasteiger charge is 2.12. The van der Waals surface area contributed by atoms with Gasteiger partial charge in [-0.3, -0.25) is 0 Å². The molecule has 1 fully saturated rings. The van der Waals surface area contributed by atoms with Gasteiger partial charge in [-0.15, -0.1) is 0 Å². The summed E-state index contributed by atoms with van der Waals surface area (Å²) in [7, 11) is 0. The van der Waals surface area contributed by atoms with E-state index < -0.39 is 0 Å². The number of rotatable bonds is 6. The molecule has 0 unspecified atom stereocenters. The number of pyridine rings is 1. The fourth-order valence-corrected chi connectivity index (χ4v) is 3.08. The zero-order chi connectivity index (χ0) is 17.4. The predicted molar refractivity (Wildman–Crippen MR) is 98.0 cm³/mol. The van der Waals surface area contributed by atoms with Gasteiger partial charge in [0.1, 0.15) is 11.5 Å². The van der Waals surface area contributed by atoms with Crippen molar-refractivity contribution in [3.05, 3.63) is 29.3 Å². The van der Waals surface area contributed by atoms with Crippen LogP contribution in [0.15, 0.2) is 12.1 Å². The molecule has 1 atom stereocenters. The Bertz CT molecular complexity index is 565. The Balaban J connectivity index is 1.87. The van der Waals surface area contributed by atoms with Crippen LogP contribution in [-0.4, -0.2) is 11.0 Å². The van der Waals surface area contributed by atoms with E-state index in [0.29, 0.717) is 29.9 Å². The molecule has 1 saturated carbocycles. The second kappa shape index (κ2) is 9.79. The third kappa shape index (κ3) is 6.24. The van der Waals surface area contributed by atoms with Gasteiger partial charge in [0.05, 0.1) is 5.69 Å². The van der Waals surface area contributed by atoms with Crippen LogP contribution in [0.25, 0.3) is 0 Å². The lowest BCUT2D eigenvalue weighted by Gasteiger charge is -2.20. The molecule has 1 aromatic rings. The van der Waals surface area contributed by atoms with Crippen LogP contribution in [0.4, 0.5) is 4.39 Å². The molecule has 0 aliphatic heterocycles. The van der Waals surface area contributed by atoms with Gasteiger partial charge in [-0.2, -0.15) is 0 Å². The van der Waals surface area contributed by atoms with Gasteiger partial charge >= 0.3 is 0 Å². The van der Waals surface area contributed by atoms with Crippen molar-refractivity contribution in [2.24, 2.45) is 11.8 Å². The summed E-state index contributed by atoms with van der Waals surface area (Å²) in [5.74, 6) is 7.44. The van der Waals surface area contributed by atoms with Gasteiger partial charge < -0.3 is 5.32 Å². The molecule has 1 aliphatic rings. The topological polar surface area (TPSA) is 24.9 Å². The molecule has 0 amide bonds. The number of hydrogen-bond acceptors (Lipinski definition) is 2. The Kier molecular flexibility index (Phi) is 7.72. The highest BCUT2D eigenvalue weighted by Crippen LogP contribution is 2.26. The van der Waals surface area contributed by atoms with Gasteiger partial charge in [-0.05, 0) is 43.2 Å². The molecular weight excluding hydrogens is 299 g/mol. The minimum Gasteiger partial charge on any atom is -0.308 e. The molecule has 1 aromatic heterocycles. The van der Waals surface area contributed by atoms with Gasteiger partial charge in [0.15, 0.2) is 0 Å². The second-order valence-electron chi connectivity index (χ2n) is 7.38. The molecule has 0 radical (unpaired) electrons. The number of nitrogens with zero attached hydrogens (tertiary/aromatic N) is 1. The fourth-order valence-electron chi connectivity index (χ4n) is 3.08. The largest absolute Gasteiger partial charge is 0.308 e. The van der Waals surface area contributed by atoms with Crippen molar-refractivity contribution in [3.63, 3.8) is 0 Å². The molecule has 2 rings (SSSR count). The summed E-state index contributed by atoms with van der Waals surface area (Å²) in [6.45, 7) is 6.85. The third-order valence-electron chi connectivity index (χ3n) is 5.13. The van der Waals surface area contributed by atoms with Gasteiger partial charge in [0.2, 0.25) is 0 Å². The Morgan fingerprint density at radius 2 is 1.96 bits per heavy atom. The molecule has 24 heavy (non-hydrogen) atoms. The Morgan fingerprint density at radius 3 is 2.67 bits per heavy atom. The number of halogens is 1. The van der Waals surface area contributed by atoms with E-state index in [4.69, 9.17) is 0 Å². The van der Waals surface area contributed by atoms with Crippen LogP contribution in [0.3, 0.4) is 0 Å². The minimum atomic E-state index is -0.258. The lowest BCUT2D eigenvalue weighted by molar-refractivity contribution is 0.342. The van der Waals surface area contributed by atoms with Crippen LogP contribution in [0.2, 0.25) is 0 Å². The van der Waals surface area contributed by atoms with Crippen molar-refractivity contribution in [2.45, 2.75) is 78.3 Å². The molecule has 1 heterocycles. The third-order valence-corrected chi connectivity index (χ3v) is 5.13. The summed E-state index contributed by atoms with van der Waals surface area (Å²) in [5, 5.41) is 3.33. The minimum absolute atomic E-state index is 0.258. The monoisotopic (exact) mass is 330 g/mol. The predicted octanol–water partition coefficient (Wildman–Crippen LogP) is 5.07. The summed E-state index contributed by atoms with van der Waals surface area (Å²) < 4.78 is 13.9. The lowest BCUT2D eigenvalue weighted by Crippen LogP contribution is -2.30. The van der Waals surface area contributed by atoms with E-state index in [1.807, 2.05) is 0 Å². The lowest BCUT2D eigenvalue weighted by atomic mass is 9.86. The van der Waals surface area contributed by atoms with E-state index in [0.717, 1.165) is 12.3 Å². The zero-order valence-corrected chi connectivity index (χ0v) is 15.4. The van der Waals surface area contributed by atoms with Crippen molar-refractivity contribution in [1.29, 1.82) is 0 Å². The summed E-state index contributed by atoms with van der Waals surface area (Å²) in [6, 6.07) is 3.49. The molecule has 0 saturated heterocycles. The van der Waals surface area contributed by atoms with E-state index in [2.05, 4.69) is 42.9 Å². The molecule has 1 aliphatic carbocycles. The van der Waals surface area contributed by atoms with E-state index in [1.165, 1.54) is 44.6 Å². The fraction of sp³-hybridized carbons (Fsp3) is 0.667. The molecule has 132 valence electrons. The van der Waals surface area contributed by atoms with Gasteiger partial charge in [0, 0.05) is 19.0 Å². The van der Waals surface area contributed by atoms with E-state index in [9.17, 15) is 4.39 Å². The first kappa shape index (κ1) is 18.9. The summed E-state index contributed by atoms with van der Waals surface area (Å²) in [6.07, 6.45) is 8.98. The quantitative estimate of drug-likeness (QED) is 0.737. The van der Waals surface area contributed by atoms with Crippen LogP contribution in [0.5, 0.6) is 0 Å². The van der Waals surface area contributed by atoms with E-state index in [1.54, 1.807) is 6.07 Å². The Hall–Kier alpha value is -1.40. The molecule has 2 nitrogen and oxygen atoms in total. The number of nitrogens with one attached hydrogen (secondary N) is 1. The van der Waals surface area contributed by atoms with Gasteiger partial charge in [-0.25, -0.2) is 9.37 Å². The Morgan fingerprint density at radius 1 is 1.21 bits per heavy atom. The molecule has 0 bridgehead atoms. The second-order valence-corrected chi connectivity index (χ2v) is 7.38. The maximum absolute atomic E-state index is 13.9. The van der Waals surface area contributed by atoms with E-state index in [-0.39, 0.29) is 5.82 Å². The van der Waals surface area contributed by atoms with E-state index >= 15 is 0 Å². The number of hydrogen-bond donors (Lipinski definition) is 1. The maximum Gasteiger partial charge on any atom is 0.146 e. The first-order chi connectivity index (χ1) is 11.6. The molecule has 0 aromatic carbocycles. The SMILES string of the molecule is CC(C)[C@@H](C)NCc1nc(C#CCCC2CCCCC2)ccc1F. The first-order valence-corrected chi connectivity index (χ1v) is 9.44. The van der Waals surface area contributed by atoms with Crippen molar-refractivity contribution in [2.75, 3.05) is 0 Å². The highest BCUT2D eigenvalue weighted by molar-refractivity contribution is 5.29. The maximum atomic E-state index is 13.9. The standard InChI is InChI=1S/C21H31FN2/c1-16(2)17(3)23-15-21-20(22)14-13-19(24-21)12-8-7-11-18-9-5-4-6-10-18/h13-14,16-18,23H,4-7,9-11,15H2,1-3H3/t17-/m1/s1. The average molecular weight is 330 g/mol.